The molecule has 0 bridgehead atoms. The number of aromatic nitrogens is 2. The summed E-state index contributed by atoms with van der Waals surface area (Å²) in [6, 6.07) is 6.95. The van der Waals surface area contributed by atoms with E-state index in [1.165, 1.54) is 4.68 Å². The molecule has 0 saturated heterocycles. The van der Waals surface area contributed by atoms with Crippen LogP contribution in [0.25, 0.3) is 0 Å². The first-order chi connectivity index (χ1) is 8.08. The van der Waals surface area contributed by atoms with E-state index in [-0.39, 0.29) is 12.3 Å². The van der Waals surface area contributed by atoms with Crippen LogP contribution in [0.1, 0.15) is 16.1 Å². The van der Waals surface area contributed by atoms with Crippen LogP contribution in [0.15, 0.2) is 30.5 Å². The fourth-order valence-corrected chi connectivity index (χ4v) is 1.89. The average molecular weight is 269 g/mol. The first kappa shape index (κ1) is 12.1. The summed E-state index contributed by atoms with van der Waals surface area (Å²) in [4.78, 5) is 12.0. The summed E-state index contributed by atoms with van der Waals surface area (Å²) in [6.45, 7) is 1.93. The number of aryl methyl sites for hydroxylation is 1. The maximum absolute atomic E-state index is 12.0. The molecule has 17 heavy (non-hydrogen) atoms. The van der Waals surface area contributed by atoms with Gasteiger partial charge in [-0.15, -0.1) is 0 Å². The first-order valence-electron chi connectivity index (χ1n) is 5.05. The second-order valence-corrected chi connectivity index (χ2v) is 4.48. The van der Waals surface area contributed by atoms with Crippen molar-refractivity contribution in [2.24, 2.45) is 0 Å². The van der Waals surface area contributed by atoms with E-state index in [2.05, 4.69) is 5.10 Å². The van der Waals surface area contributed by atoms with E-state index in [1.807, 2.05) is 0 Å². The minimum absolute atomic E-state index is 0.0882. The lowest BCUT2D eigenvalue weighted by molar-refractivity contribution is 0.0968. The average Bonchev–Trinajstić information content (AvgIpc) is 2.58. The van der Waals surface area contributed by atoms with Gasteiger partial charge < -0.3 is 0 Å². The third-order valence-corrected chi connectivity index (χ3v) is 3.07. The maximum atomic E-state index is 12.0. The molecule has 0 spiro atoms. The van der Waals surface area contributed by atoms with E-state index in [0.29, 0.717) is 21.3 Å². The van der Waals surface area contributed by atoms with Gasteiger partial charge in [-0.2, -0.15) is 5.10 Å². The van der Waals surface area contributed by atoms with Gasteiger partial charge in [-0.05, 0) is 19.1 Å². The largest absolute Gasteiger partial charge is 0.292 e. The molecule has 2 rings (SSSR count). The van der Waals surface area contributed by atoms with Crippen molar-refractivity contribution in [3.8, 4) is 0 Å². The van der Waals surface area contributed by atoms with E-state index in [9.17, 15) is 4.79 Å². The molecule has 0 unspecified atom stereocenters. The number of nitrogens with zero attached hydrogens (tertiary/aromatic N) is 2. The van der Waals surface area contributed by atoms with Crippen LogP contribution >= 0.6 is 23.2 Å². The molecule has 5 heteroatoms. The number of Topliss-reactive ketones (excluding diaryl/α,β-unsaturated/α-hetero) is 1. The summed E-state index contributed by atoms with van der Waals surface area (Å²) >= 11 is 11.8. The summed E-state index contributed by atoms with van der Waals surface area (Å²) in [5.41, 5.74) is 1.21. The van der Waals surface area contributed by atoms with E-state index < -0.39 is 0 Å². The van der Waals surface area contributed by atoms with Crippen LogP contribution in [0.4, 0.5) is 0 Å². The molecule has 0 N–H and O–H groups in total. The fourth-order valence-electron chi connectivity index (χ4n) is 1.49. The molecular formula is C12H10Cl2N2O. The molecule has 1 heterocycles. The Hall–Kier alpha value is -1.32. The Bertz CT molecular complexity index is 544. The molecule has 0 atom stereocenters. The number of carbonyl (C=O) groups is 1. The highest BCUT2D eigenvalue weighted by molar-refractivity contribution is 6.34. The molecule has 2 aromatic rings. The van der Waals surface area contributed by atoms with Crippen LogP contribution in [-0.4, -0.2) is 15.6 Å². The Labute approximate surface area is 109 Å². The number of halogens is 2. The molecular weight excluding hydrogens is 259 g/mol. The highest BCUT2D eigenvalue weighted by atomic mass is 35.5. The summed E-state index contributed by atoms with van der Waals surface area (Å²) in [6.07, 6.45) is 1.63. The van der Waals surface area contributed by atoms with Gasteiger partial charge in [0.25, 0.3) is 0 Å². The van der Waals surface area contributed by atoms with Gasteiger partial charge in [0.2, 0.25) is 0 Å². The number of rotatable bonds is 3. The summed E-state index contributed by atoms with van der Waals surface area (Å²) < 4.78 is 1.52. The van der Waals surface area contributed by atoms with Crippen molar-refractivity contribution in [3.05, 3.63) is 51.8 Å². The van der Waals surface area contributed by atoms with E-state index >= 15 is 0 Å². The molecule has 0 amide bonds. The Morgan fingerprint density at radius 1 is 1.29 bits per heavy atom. The SMILES string of the molecule is Cc1nn(CC(=O)c2ccccc2Cl)cc1Cl. The molecule has 1 aromatic heterocycles. The van der Waals surface area contributed by atoms with Gasteiger partial charge in [-0.25, -0.2) is 0 Å². The van der Waals surface area contributed by atoms with Gasteiger partial charge in [-0.3, -0.25) is 9.48 Å². The zero-order valence-corrected chi connectivity index (χ0v) is 10.7. The lowest BCUT2D eigenvalue weighted by atomic mass is 10.1. The number of carbonyl (C=O) groups excluding carboxylic acids is 1. The van der Waals surface area contributed by atoms with Gasteiger partial charge in [0, 0.05) is 11.8 Å². The summed E-state index contributed by atoms with van der Waals surface area (Å²) in [5.74, 6) is -0.0882. The van der Waals surface area contributed by atoms with Crippen molar-refractivity contribution in [1.29, 1.82) is 0 Å². The minimum Gasteiger partial charge on any atom is -0.292 e. The predicted molar refractivity (Wildman–Crippen MR) is 67.8 cm³/mol. The number of hydrogen-bond acceptors (Lipinski definition) is 2. The highest BCUT2D eigenvalue weighted by Crippen LogP contribution is 2.17. The Morgan fingerprint density at radius 3 is 2.59 bits per heavy atom. The maximum Gasteiger partial charge on any atom is 0.185 e. The summed E-state index contributed by atoms with van der Waals surface area (Å²) in [5, 5.41) is 5.13. The monoisotopic (exact) mass is 268 g/mol. The van der Waals surface area contributed by atoms with Crippen molar-refractivity contribution >= 4 is 29.0 Å². The Kier molecular flexibility index (Phi) is 3.50. The van der Waals surface area contributed by atoms with Crippen molar-refractivity contribution in [3.63, 3.8) is 0 Å². The smallest absolute Gasteiger partial charge is 0.185 e. The molecule has 0 radical (unpaired) electrons. The zero-order chi connectivity index (χ0) is 12.4. The lowest BCUT2D eigenvalue weighted by Crippen LogP contribution is -2.11. The topological polar surface area (TPSA) is 34.9 Å². The van der Waals surface area contributed by atoms with E-state index in [1.54, 1.807) is 37.4 Å². The number of benzene rings is 1. The third-order valence-electron chi connectivity index (χ3n) is 2.37. The molecule has 0 aliphatic heterocycles. The molecule has 0 aliphatic carbocycles. The van der Waals surface area contributed by atoms with E-state index in [4.69, 9.17) is 23.2 Å². The normalized spacial score (nSPS) is 10.5. The van der Waals surface area contributed by atoms with Gasteiger partial charge in [-0.1, -0.05) is 35.3 Å². The molecule has 88 valence electrons. The molecule has 1 aromatic carbocycles. The highest BCUT2D eigenvalue weighted by Gasteiger charge is 2.11. The van der Waals surface area contributed by atoms with Crippen molar-refractivity contribution in [2.45, 2.75) is 13.5 Å². The molecule has 0 fully saturated rings. The van der Waals surface area contributed by atoms with Crippen molar-refractivity contribution < 1.29 is 4.79 Å². The predicted octanol–water partition coefficient (Wildman–Crippen LogP) is 3.38. The molecule has 0 aliphatic rings. The van der Waals surface area contributed by atoms with Gasteiger partial charge in [0.15, 0.2) is 5.78 Å². The van der Waals surface area contributed by atoms with Crippen LogP contribution in [0.2, 0.25) is 10.0 Å². The van der Waals surface area contributed by atoms with Crippen molar-refractivity contribution in [2.75, 3.05) is 0 Å². The third kappa shape index (κ3) is 2.68. The number of hydrogen-bond donors (Lipinski definition) is 0. The van der Waals surface area contributed by atoms with Crippen LogP contribution in [-0.2, 0) is 6.54 Å². The minimum atomic E-state index is -0.0882. The zero-order valence-electron chi connectivity index (χ0n) is 9.15. The first-order valence-corrected chi connectivity index (χ1v) is 5.81. The van der Waals surface area contributed by atoms with Crippen LogP contribution < -0.4 is 0 Å². The number of ketones is 1. The second-order valence-electron chi connectivity index (χ2n) is 3.66. The Morgan fingerprint density at radius 2 is 2.00 bits per heavy atom. The quantitative estimate of drug-likeness (QED) is 0.800. The fraction of sp³-hybridized carbons (Fsp3) is 0.167. The van der Waals surface area contributed by atoms with Gasteiger partial charge in [0.1, 0.15) is 6.54 Å². The van der Waals surface area contributed by atoms with E-state index in [0.717, 1.165) is 0 Å². The van der Waals surface area contributed by atoms with Crippen LogP contribution in [0, 0.1) is 6.92 Å². The molecule has 3 nitrogen and oxygen atoms in total. The van der Waals surface area contributed by atoms with Crippen molar-refractivity contribution in [1.82, 2.24) is 9.78 Å². The van der Waals surface area contributed by atoms with Gasteiger partial charge >= 0.3 is 0 Å². The van der Waals surface area contributed by atoms with Crippen LogP contribution in [0.3, 0.4) is 0 Å². The Balaban J connectivity index is 2.20. The van der Waals surface area contributed by atoms with Gasteiger partial charge in [0.05, 0.1) is 15.7 Å². The molecule has 0 saturated carbocycles. The standard InChI is InChI=1S/C12H10Cl2N2O/c1-8-11(14)6-16(15-8)7-12(17)9-4-2-3-5-10(9)13/h2-6H,7H2,1H3. The van der Waals surface area contributed by atoms with Crippen LogP contribution in [0.5, 0.6) is 0 Å². The summed E-state index contributed by atoms with van der Waals surface area (Å²) in [7, 11) is 0. The second kappa shape index (κ2) is 4.90. The lowest BCUT2D eigenvalue weighted by Gasteiger charge is -2.03.